The van der Waals surface area contributed by atoms with Gasteiger partial charge in [-0.1, -0.05) is 6.07 Å². The van der Waals surface area contributed by atoms with Gasteiger partial charge in [0.15, 0.2) is 5.78 Å². The minimum Gasteiger partial charge on any atom is -0.317 e. The van der Waals surface area contributed by atoms with Crippen LogP contribution in [-0.2, 0) is 6.42 Å². The molecule has 138 valence electrons. The van der Waals surface area contributed by atoms with Crippen LogP contribution in [0.4, 0.5) is 0 Å². The first kappa shape index (κ1) is 17.9. The topological polar surface area (TPSA) is 67.8 Å². The summed E-state index contributed by atoms with van der Waals surface area (Å²) in [6.45, 7) is 2.08. The molecule has 6 heteroatoms. The third-order valence-electron chi connectivity index (χ3n) is 4.99. The molecule has 0 radical (unpaired) electrons. The van der Waals surface area contributed by atoms with E-state index in [0.29, 0.717) is 24.5 Å². The maximum Gasteiger partial charge on any atom is 0.182 e. The van der Waals surface area contributed by atoms with Gasteiger partial charge in [-0.25, -0.2) is 4.98 Å². The Morgan fingerprint density at radius 3 is 2.78 bits per heavy atom. The first-order chi connectivity index (χ1) is 13.3. The number of ketones is 1. The molecule has 0 aromatic carbocycles. The lowest BCUT2D eigenvalue weighted by atomic mass is 9.89. The highest BCUT2D eigenvalue weighted by atomic mass is 32.1. The van der Waals surface area contributed by atoms with Gasteiger partial charge in [-0.15, -0.1) is 11.3 Å². The molecule has 1 fully saturated rings. The van der Waals surface area contributed by atoms with Crippen molar-refractivity contribution in [1.29, 1.82) is 0 Å². The summed E-state index contributed by atoms with van der Waals surface area (Å²) in [5.41, 5.74) is 3.92. The van der Waals surface area contributed by atoms with E-state index in [4.69, 9.17) is 0 Å². The molecule has 27 heavy (non-hydrogen) atoms. The van der Waals surface area contributed by atoms with Crippen LogP contribution in [0.2, 0.25) is 0 Å². The summed E-state index contributed by atoms with van der Waals surface area (Å²) in [5, 5.41) is 6.11. The highest BCUT2D eigenvalue weighted by molar-refractivity contribution is 7.13. The van der Waals surface area contributed by atoms with Crippen molar-refractivity contribution >= 4 is 17.1 Å². The summed E-state index contributed by atoms with van der Waals surface area (Å²) in [7, 11) is 0. The standard InChI is InChI=1S/C21H22N4OS/c26-19(18-14-27-21(25-18)17-7-12-23-13-8-17)4-3-15-2-1-9-24-20(15)16-5-10-22-11-6-16/h1-2,7-9,12-14,16,22H,3-6,10-11H2. The fourth-order valence-corrected chi connectivity index (χ4v) is 4.36. The van der Waals surface area contributed by atoms with E-state index < -0.39 is 0 Å². The van der Waals surface area contributed by atoms with Crippen molar-refractivity contribution in [3.8, 4) is 10.6 Å². The van der Waals surface area contributed by atoms with Gasteiger partial charge >= 0.3 is 0 Å². The second-order valence-corrected chi connectivity index (χ2v) is 7.63. The van der Waals surface area contributed by atoms with E-state index in [1.807, 2.05) is 29.8 Å². The molecule has 1 aliphatic heterocycles. The largest absolute Gasteiger partial charge is 0.317 e. The van der Waals surface area contributed by atoms with Gasteiger partial charge in [0, 0.05) is 47.6 Å². The van der Waals surface area contributed by atoms with Crippen LogP contribution < -0.4 is 5.32 Å². The maximum absolute atomic E-state index is 12.7. The number of Topliss-reactive ketones (excluding diaryl/α,β-unsaturated/α-hetero) is 1. The molecule has 4 rings (SSSR count). The summed E-state index contributed by atoms with van der Waals surface area (Å²) in [6.07, 6.45) is 8.74. The van der Waals surface area contributed by atoms with Crippen LogP contribution in [0.5, 0.6) is 0 Å². The molecule has 0 spiro atoms. The quantitative estimate of drug-likeness (QED) is 0.659. The summed E-state index contributed by atoms with van der Waals surface area (Å²) in [4.78, 5) is 25.8. The molecule has 0 amide bonds. The number of nitrogens with one attached hydrogen (secondary N) is 1. The van der Waals surface area contributed by atoms with Crippen molar-refractivity contribution in [3.05, 3.63) is 65.2 Å². The third-order valence-corrected chi connectivity index (χ3v) is 5.88. The van der Waals surface area contributed by atoms with Crippen molar-refractivity contribution in [2.45, 2.75) is 31.6 Å². The molecule has 0 bridgehead atoms. The number of thiazole rings is 1. The van der Waals surface area contributed by atoms with E-state index in [-0.39, 0.29) is 5.78 Å². The lowest BCUT2D eigenvalue weighted by Crippen LogP contribution is -2.27. The number of piperidine rings is 1. The number of hydrogen-bond donors (Lipinski definition) is 1. The van der Waals surface area contributed by atoms with Crippen molar-refractivity contribution < 1.29 is 4.79 Å². The predicted molar refractivity (Wildman–Crippen MR) is 107 cm³/mol. The zero-order chi connectivity index (χ0) is 18.5. The van der Waals surface area contributed by atoms with E-state index in [0.717, 1.165) is 36.5 Å². The summed E-state index contributed by atoms with van der Waals surface area (Å²) >= 11 is 1.50. The molecule has 1 aliphatic rings. The van der Waals surface area contributed by atoms with Crippen molar-refractivity contribution in [2.75, 3.05) is 13.1 Å². The Morgan fingerprint density at radius 2 is 1.96 bits per heavy atom. The highest BCUT2D eigenvalue weighted by Crippen LogP contribution is 2.28. The first-order valence-corrected chi connectivity index (χ1v) is 10.2. The van der Waals surface area contributed by atoms with Gasteiger partial charge < -0.3 is 5.32 Å². The molecule has 3 aromatic rings. The number of nitrogens with zero attached hydrogens (tertiary/aromatic N) is 3. The van der Waals surface area contributed by atoms with Crippen molar-refractivity contribution in [1.82, 2.24) is 20.3 Å². The van der Waals surface area contributed by atoms with E-state index in [9.17, 15) is 4.79 Å². The van der Waals surface area contributed by atoms with Gasteiger partial charge in [-0.2, -0.15) is 0 Å². The Hall–Kier alpha value is -2.44. The lowest BCUT2D eigenvalue weighted by molar-refractivity contribution is 0.0978. The highest BCUT2D eigenvalue weighted by Gasteiger charge is 2.20. The summed E-state index contributed by atoms with van der Waals surface area (Å²) in [6, 6.07) is 7.90. The summed E-state index contributed by atoms with van der Waals surface area (Å²) in [5.74, 6) is 0.585. The van der Waals surface area contributed by atoms with Crippen LogP contribution in [0, 0.1) is 0 Å². The third kappa shape index (κ3) is 4.28. The molecule has 1 saturated heterocycles. The Kier molecular flexibility index (Phi) is 5.65. The number of carbonyl (C=O) groups is 1. The van der Waals surface area contributed by atoms with E-state index >= 15 is 0 Å². The van der Waals surface area contributed by atoms with E-state index in [1.165, 1.54) is 22.6 Å². The Morgan fingerprint density at radius 1 is 1.15 bits per heavy atom. The molecular weight excluding hydrogens is 356 g/mol. The average Bonchev–Trinajstić information content (AvgIpc) is 3.24. The number of rotatable bonds is 6. The van der Waals surface area contributed by atoms with E-state index in [1.54, 1.807) is 12.4 Å². The zero-order valence-corrected chi connectivity index (χ0v) is 15.9. The second kappa shape index (κ2) is 8.50. The lowest BCUT2D eigenvalue weighted by Gasteiger charge is -2.24. The monoisotopic (exact) mass is 378 g/mol. The maximum atomic E-state index is 12.7. The number of carbonyl (C=O) groups excluding carboxylic acids is 1. The minimum atomic E-state index is 0.0895. The molecular formula is C21H22N4OS. The number of hydrogen-bond acceptors (Lipinski definition) is 6. The van der Waals surface area contributed by atoms with Gasteiger partial charge in [-0.05, 0) is 56.1 Å². The minimum absolute atomic E-state index is 0.0895. The normalized spacial score (nSPS) is 15.0. The fraction of sp³-hybridized carbons (Fsp3) is 0.333. The van der Waals surface area contributed by atoms with Gasteiger partial charge in [0.25, 0.3) is 0 Å². The molecule has 0 atom stereocenters. The van der Waals surface area contributed by atoms with Crippen LogP contribution in [0.3, 0.4) is 0 Å². The Balaban J connectivity index is 1.43. The molecule has 0 unspecified atom stereocenters. The summed E-state index contributed by atoms with van der Waals surface area (Å²) < 4.78 is 0. The van der Waals surface area contributed by atoms with Crippen LogP contribution >= 0.6 is 11.3 Å². The van der Waals surface area contributed by atoms with Crippen molar-refractivity contribution in [2.24, 2.45) is 0 Å². The molecule has 0 saturated carbocycles. The second-order valence-electron chi connectivity index (χ2n) is 6.77. The van der Waals surface area contributed by atoms with Crippen LogP contribution in [0.15, 0.2) is 48.2 Å². The van der Waals surface area contributed by atoms with Gasteiger partial charge in [0.1, 0.15) is 10.7 Å². The fourth-order valence-electron chi connectivity index (χ4n) is 3.53. The predicted octanol–water partition coefficient (Wildman–Crippen LogP) is 3.88. The van der Waals surface area contributed by atoms with Gasteiger partial charge in [-0.3, -0.25) is 14.8 Å². The van der Waals surface area contributed by atoms with Gasteiger partial charge in [0.05, 0.1) is 0 Å². The molecule has 1 N–H and O–H groups in total. The number of aryl methyl sites for hydroxylation is 1. The molecule has 0 aliphatic carbocycles. The van der Waals surface area contributed by atoms with Crippen LogP contribution in [0.25, 0.3) is 10.6 Å². The molecule has 4 heterocycles. The number of pyridine rings is 2. The zero-order valence-electron chi connectivity index (χ0n) is 15.1. The first-order valence-electron chi connectivity index (χ1n) is 9.35. The Labute approximate surface area is 162 Å². The SMILES string of the molecule is O=C(CCc1cccnc1C1CCNCC1)c1csc(-c2ccncc2)n1. The van der Waals surface area contributed by atoms with Crippen molar-refractivity contribution in [3.63, 3.8) is 0 Å². The van der Waals surface area contributed by atoms with Gasteiger partial charge in [0.2, 0.25) is 0 Å². The van der Waals surface area contributed by atoms with Crippen LogP contribution in [-0.4, -0.2) is 33.8 Å². The number of aromatic nitrogens is 3. The average molecular weight is 379 g/mol. The Bertz CT molecular complexity index is 903. The molecule has 3 aromatic heterocycles. The smallest absolute Gasteiger partial charge is 0.182 e. The van der Waals surface area contributed by atoms with E-state index in [2.05, 4.69) is 26.3 Å². The molecule has 5 nitrogen and oxygen atoms in total. The van der Waals surface area contributed by atoms with Crippen LogP contribution in [0.1, 0.15) is 46.9 Å².